The van der Waals surface area contributed by atoms with Crippen LogP contribution in [0.2, 0.25) is 16.6 Å². The van der Waals surface area contributed by atoms with Crippen molar-refractivity contribution >= 4 is 14.1 Å². The third-order valence-corrected chi connectivity index (χ3v) is 14.5. The van der Waals surface area contributed by atoms with Gasteiger partial charge in [-0.2, -0.15) is 0 Å². The molecular formula is C26H42O2Si. The second-order valence-electron chi connectivity index (χ2n) is 11.6. The summed E-state index contributed by atoms with van der Waals surface area (Å²) in [4.78, 5) is 13.1. The number of ketones is 1. The first kappa shape index (κ1) is 22.6. The molecule has 2 aliphatic carbocycles. The normalized spacial score (nSPS) is 26.6. The minimum atomic E-state index is -2.01. The summed E-state index contributed by atoms with van der Waals surface area (Å²) in [7, 11) is -2.01. The summed E-state index contributed by atoms with van der Waals surface area (Å²) < 4.78 is 6.99. The summed E-state index contributed by atoms with van der Waals surface area (Å²) in [5, 5.41) is 0. The quantitative estimate of drug-likeness (QED) is 0.457. The molecule has 0 bridgehead atoms. The van der Waals surface area contributed by atoms with E-state index in [9.17, 15) is 4.79 Å². The van der Waals surface area contributed by atoms with E-state index in [0.29, 0.717) is 34.7 Å². The van der Waals surface area contributed by atoms with Gasteiger partial charge in [0, 0.05) is 12.0 Å². The molecule has 2 aliphatic rings. The van der Waals surface area contributed by atoms with Gasteiger partial charge in [-0.3, -0.25) is 4.79 Å². The zero-order chi connectivity index (χ0) is 21.8. The zero-order valence-electron chi connectivity index (χ0n) is 20.2. The van der Waals surface area contributed by atoms with Gasteiger partial charge in [0.05, 0.1) is 0 Å². The summed E-state index contributed by atoms with van der Waals surface area (Å²) in [6.45, 7) is 21.1. The van der Waals surface area contributed by atoms with E-state index in [-0.39, 0.29) is 10.8 Å². The molecule has 29 heavy (non-hydrogen) atoms. The van der Waals surface area contributed by atoms with E-state index in [4.69, 9.17) is 4.43 Å². The first-order chi connectivity index (χ1) is 13.4. The number of hydrogen-bond donors (Lipinski definition) is 0. The van der Waals surface area contributed by atoms with Gasteiger partial charge in [-0.25, -0.2) is 0 Å². The van der Waals surface area contributed by atoms with Crippen molar-refractivity contribution in [1.29, 1.82) is 0 Å². The molecular weight excluding hydrogens is 372 g/mol. The molecule has 1 fully saturated rings. The van der Waals surface area contributed by atoms with Crippen LogP contribution in [-0.4, -0.2) is 14.1 Å². The van der Waals surface area contributed by atoms with Gasteiger partial charge < -0.3 is 4.43 Å². The highest BCUT2D eigenvalue weighted by Gasteiger charge is 2.52. The fraction of sp³-hybridized carbons (Fsp3) is 0.731. The monoisotopic (exact) mass is 414 g/mol. The molecule has 3 rings (SSSR count). The van der Waals surface area contributed by atoms with Crippen molar-refractivity contribution in [2.75, 3.05) is 0 Å². The van der Waals surface area contributed by atoms with Gasteiger partial charge >= 0.3 is 0 Å². The Kier molecular flexibility index (Phi) is 5.88. The maximum atomic E-state index is 13.1. The number of rotatable bonds is 5. The van der Waals surface area contributed by atoms with Crippen molar-refractivity contribution < 1.29 is 9.22 Å². The second-order valence-corrected chi connectivity index (χ2v) is 16.9. The number of carbonyl (C=O) groups is 1. The zero-order valence-corrected chi connectivity index (χ0v) is 21.2. The molecule has 0 N–H and O–H groups in total. The molecule has 0 spiro atoms. The first-order valence-electron chi connectivity index (χ1n) is 11.7. The molecule has 0 heterocycles. The topological polar surface area (TPSA) is 26.3 Å². The van der Waals surface area contributed by atoms with Gasteiger partial charge in [-0.15, -0.1) is 0 Å². The smallest absolute Gasteiger partial charge is 0.258 e. The predicted octanol–water partition coefficient (Wildman–Crippen LogP) is 7.91. The Bertz CT molecular complexity index is 755. The van der Waals surface area contributed by atoms with Gasteiger partial charge in [0.25, 0.3) is 8.32 Å². The van der Waals surface area contributed by atoms with Crippen LogP contribution in [0.3, 0.4) is 0 Å². The van der Waals surface area contributed by atoms with Crippen molar-refractivity contribution in [3.8, 4) is 5.75 Å². The standard InChI is InChI=1S/C26H42O2Si/c1-17(2)29(18(3)4,19(5)6)28-20-11-12-21-22(15-20)26(9)14-10-13-25(7,8)24(26)16-23(21)27/h11-12,15,17-19,24H,10,13-14,16H2,1-9H3/t24-,26+/m1/s1. The fourth-order valence-electron chi connectivity index (χ4n) is 7.10. The second kappa shape index (κ2) is 7.55. The molecule has 0 aromatic heterocycles. The van der Waals surface area contributed by atoms with Crippen molar-refractivity contribution in [2.24, 2.45) is 11.3 Å². The summed E-state index contributed by atoms with van der Waals surface area (Å²) in [6, 6.07) is 6.40. The lowest BCUT2D eigenvalue weighted by molar-refractivity contribution is 0.0368. The molecule has 2 atom stereocenters. The Morgan fingerprint density at radius 2 is 1.55 bits per heavy atom. The maximum Gasteiger partial charge on any atom is 0.258 e. The summed E-state index contributed by atoms with van der Waals surface area (Å²) in [5.41, 5.74) is 4.10. The van der Waals surface area contributed by atoms with E-state index >= 15 is 0 Å². The molecule has 0 aliphatic heterocycles. The van der Waals surface area contributed by atoms with Crippen molar-refractivity contribution in [3.63, 3.8) is 0 Å². The van der Waals surface area contributed by atoms with Gasteiger partial charge in [0.2, 0.25) is 0 Å². The lowest BCUT2D eigenvalue weighted by Crippen LogP contribution is -2.51. The number of fused-ring (bicyclic) bond motifs is 3. The van der Waals surface area contributed by atoms with Crippen LogP contribution in [0, 0.1) is 11.3 Å². The van der Waals surface area contributed by atoms with Gasteiger partial charge in [-0.05, 0) is 70.0 Å². The summed E-state index contributed by atoms with van der Waals surface area (Å²) in [6.07, 6.45) is 4.32. The van der Waals surface area contributed by atoms with Gasteiger partial charge in [0.15, 0.2) is 5.78 Å². The Morgan fingerprint density at radius 3 is 2.10 bits per heavy atom. The van der Waals surface area contributed by atoms with Gasteiger partial charge in [-0.1, -0.05) is 68.7 Å². The average molecular weight is 415 g/mol. The number of benzene rings is 1. The molecule has 0 radical (unpaired) electrons. The third-order valence-electron chi connectivity index (χ3n) is 8.53. The average Bonchev–Trinajstić information content (AvgIpc) is 2.60. The number of carbonyl (C=O) groups excluding carboxylic acids is 1. The van der Waals surface area contributed by atoms with Crippen LogP contribution in [0.25, 0.3) is 0 Å². The Morgan fingerprint density at radius 1 is 0.966 bits per heavy atom. The predicted molar refractivity (Wildman–Crippen MR) is 126 cm³/mol. The lowest BCUT2D eigenvalue weighted by atomic mass is 9.50. The van der Waals surface area contributed by atoms with Crippen LogP contribution in [0.4, 0.5) is 0 Å². The molecule has 0 unspecified atom stereocenters. The van der Waals surface area contributed by atoms with Gasteiger partial charge in [0.1, 0.15) is 5.75 Å². The Balaban J connectivity index is 2.09. The Labute approximate surface area is 179 Å². The van der Waals surface area contributed by atoms with Crippen LogP contribution in [0.1, 0.15) is 104 Å². The maximum absolute atomic E-state index is 13.1. The highest BCUT2D eigenvalue weighted by Crippen LogP contribution is 2.57. The van der Waals surface area contributed by atoms with E-state index in [1.54, 1.807) is 0 Å². The first-order valence-corrected chi connectivity index (χ1v) is 13.9. The van der Waals surface area contributed by atoms with Crippen LogP contribution in [-0.2, 0) is 5.41 Å². The number of hydrogen-bond acceptors (Lipinski definition) is 2. The van der Waals surface area contributed by atoms with Crippen LogP contribution in [0.15, 0.2) is 18.2 Å². The minimum absolute atomic E-state index is 0.0715. The fourth-order valence-corrected chi connectivity index (χ4v) is 12.3. The SMILES string of the molecule is CC(C)[Si](Oc1ccc2c(c1)[C@]1(C)CCCC(C)(C)[C@H]1CC2=O)(C(C)C)C(C)C. The summed E-state index contributed by atoms with van der Waals surface area (Å²) in [5.74, 6) is 1.73. The van der Waals surface area contributed by atoms with Crippen LogP contribution in [0.5, 0.6) is 5.75 Å². The highest BCUT2D eigenvalue weighted by atomic mass is 28.4. The summed E-state index contributed by atoms with van der Waals surface area (Å²) >= 11 is 0. The van der Waals surface area contributed by atoms with Crippen molar-refractivity contribution in [2.45, 2.75) is 110 Å². The molecule has 0 amide bonds. The van der Waals surface area contributed by atoms with E-state index in [0.717, 1.165) is 11.3 Å². The van der Waals surface area contributed by atoms with Crippen LogP contribution >= 0.6 is 0 Å². The lowest BCUT2D eigenvalue weighted by Gasteiger charge is -2.54. The van der Waals surface area contributed by atoms with E-state index in [2.05, 4.69) is 80.5 Å². The molecule has 162 valence electrons. The molecule has 0 saturated heterocycles. The van der Waals surface area contributed by atoms with Crippen LogP contribution < -0.4 is 4.43 Å². The van der Waals surface area contributed by atoms with E-state index in [1.807, 2.05) is 0 Å². The van der Waals surface area contributed by atoms with E-state index in [1.165, 1.54) is 24.8 Å². The highest BCUT2D eigenvalue weighted by molar-refractivity contribution is 6.78. The van der Waals surface area contributed by atoms with Crippen molar-refractivity contribution in [1.82, 2.24) is 0 Å². The molecule has 1 aromatic carbocycles. The molecule has 1 saturated carbocycles. The van der Waals surface area contributed by atoms with Crippen molar-refractivity contribution in [3.05, 3.63) is 29.3 Å². The molecule has 2 nitrogen and oxygen atoms in total. The largest absolute Gasteiger partial charge is 0.543 e. The Hall–Kier alpha value is -1.09. The molecule has 1 aromatic rings. The minimum Gasteiger partial charge on any atom is -0.543 e. The van der Waals surface area contributed by atoms with E-state index < -0.39 is 8.32 Å². The number of Topliss-reactive ketones (excluding diaryl/α,β-unsaturated/α-hetero) is 1. The molecule has 3 heteroatoms. The third kappa shape index (κ3) is 3.52.